The summed E-state index contributed by atoms with van der Waals surface area (Å²) in [6.45, 7) is 4.36. The van der Waals surface area contributed by atoms with Crippen LogP contribution in [0.3, 0.4) is 0 Å². The van der Waals surface area contributed by atoms with Gasteiger partial charge >= 0.3 is 0 Å². The van der Waals surface area contributed by atoms with Crippen molar-refractivity contribution in [3.8, 4) is 0 Å². The third-order valence-electron chi connectivity index (χ3n) is 5.12. The zero-order valence-corrected chi connectivity index (χ0v) is 17.3. The molecule has 0 radical (unpaired) electrons. The number of aromatic nitrogens is 2. The van der Waals surface area contributed by atoms with Crippen molar-refractivity contribution >= 4 is 23.1 Å². The van der Waals surface area contributed by atoms with Crippen molar-refractivity contribution in [2.45, 2.75) is 13.1 Å². The maximum atomic E-state index is 13.8. The van der Waals surface area contributed by atoms with Crippen molar-refractivity contribution < 1.29 is 8.78 Å². The molecule has 30 heavy (non-hydrogen) atoms. The summed E-state index contributed by atoms with van der Waals surface area (Å²) in [5.74, 6) is 0.193. The summed E-state index contributed by atoms with van der Waals surface area (Å²) in [5.41, 5.74) is 1.56. The summed E-state index contributed by atoms with van der Waals surface area (Å²) in [7, 11) is 0. The van der Waals surface area contributed by atoms with Gasteiger partial charge in [0.05, 0.1) is 6.54 Å². The lowest BCUT2D eigenvalue weighted by molar-refractivity contribution is 0.177. The van der Waals surface area contributed by atoms with Gasteiger partial charge in [0.1, 0.15) is 11.6 Å². The molecule has 0 bridgehead atoms. The van der Waals surface area contributed by atoms with Crippen molar-refractivity contribution in [2.24, 2.45) is 0 Å². The molecule has 1 N–H and O–H groups in total. The molecule has 4 rings (SSSR count). The van der Waals surface area contributed by atoms with E-state index in [1.165, 1.54) is 12.1 Å². The first-order valence-corrected chi connectivity index (χ1v) is 10.3. The van der Waals surface area contributed by atoms with Gasteiger partial charge in [0, 0.05) is 50.6 Å². The Morgan fingerprint density at radius 3 is 2.53 bits per heavy atom. The molecule has 0 saturated carbocycles. The van der Waals surface area contributed by atoms with Gasteiger partial charge in [-0.15, -0.1) is 0 Å². The summed E-state index contributed by atoms with van der Waals surface area (Å²) < 4.78 is 28.9. The SMILES string of the molecule is Fc1cccc(CN2CCN(C(=S)Nc3ccn(Cc4ccccc4F)n3)CC2)c1. The Balaban J connectivity index is 1.27. The van der Waals surface area contributed by atoms with Crippen molar-refractivity contribution in [3.63, 3.8) is 0 Å². The maximum Gasteiger partial charge on any atom is 0.174 e. The average Bonchev–Trinajstić information content (AvgIpc) is 3.17. The number of thiocarbonyl (C=S) groups is 1. The molecule has 1 fully saturated rings. The lowest BCUT2D eigenvalue weighted by Crippen LogP contribution is -2.49. The van der Waals surface area contributed by atoms with E-state index in [1.807, 2.05) is 18.2 Å². The van der Waals surface area contributed by atoms with Crippen LogP contribution in [0.2, 0.25) is 0 Å². The Bertz CT molecular complexity index is 1010. The van der Waals surface area contributed by atoms with Crippen LogP contribution >= 0.6 is 12.2 Å². The number of anilines is 1. The monoisotopic (exact) mass is 427 g/mol. The lowest BCUT2D eigenvalue weighted by atomic mass is 10.2. The largest absolute Gasteiger partial charge is 0.346 e. The minimum Gasteiger partial charge on any atom is -0.346 e. The second-order valence-corrected chi connectivity index (χ2v) is 7.70. The van der Waals surface area contributed by atoms with Crippen LogP contribution in [-0.2, 0) is 13.1 Å². The fourth-order valence-electron chi connectivity index (χ4n) is 3.51. The minimum absolute atomic E-state index is 0.203. The highest BCUT2D eigenvalue weighted by Crippen LogP contribution is 2.13. The molecular weight excluding hydrogens is 404 g/mol. The number of nitrogens with one attached hydrogen (secondary N) is 1. The number of halogens is 2. The third kappa shape index (κ3) is 5.20. The highest BCUT2D eigenvalue weighted by molar-refractivity contribution is 7.80. The third-order valence-corrected chi connectivity index (χ3v) is 5.48. The average molecular weight is 428 g/mol. The number of nitrogens with zero attached hydrogens (tertiary/aromatic N) is 4. The molecule has 0 atom stereocenters. The van der Waals surface area contributed by atoms with Gasteiger partial charge in [-0.05, 0) is 36.0 Å². The molecule has 156 valence electrons. The zero-order valence-electron chi connectivity index (χ0n) is 16.5. The van der Waals surface area contributed by atoms with E-state index in [2.05, 4.69) is 20.2 Å². The first-order chi connectivity index (χ1) is 14.6. The minimum atomic E-state index is -0.242. The van der Waals surface area contributed by atoms with Crippen molar-refractivity contribution in [3.05, 3.63) is 83.6 Å². The van der Waals surface area contributed by atoms with E-state index >= 15 is 0 Å². The Hall–Kier alpha value is -2.84. The molecule has 2 heterocycles. The molecule has 1 aliphatic heterocycles. The standard InChI is InChI=1S/C22H23F2N5S/c23-19-6-3-4-17(14-19)15-27-10-12-28(13-11-27)22(30)25-21-8-9-29(26-21)16-18-5-1-2-7-20(18)24/h1-9,14H,10-13,15-16H2,(H,25,26,30). The van der Waals surface area contributed by atoms with Crippen LogP contribution < -0.4 is 5.32 Å². The van der Waals surface area contributed by atoms with Gasteiger partial charge in [-0.25, -0.2) is 8.78 Å². The number of benzene rings is 2. The normalized spacial score (nSPS) is 14.7. The van der Waals surface area contributed by atoms with E-state index in [-0.39, 0.29) is 11.6 Å². The molecule has 0 aliphatic carbocycles. The van der Waals surface area contributed by atoms with Crippen LogP contribution in [0.4, 0.5) is 14.6 Å². The van der Waals surface area contributed by atoms with Crippen molar-refractivity contribution in [1.82, 2.24) is 19.6 Å². The van der Waals surface area contributed by atoms with Crippen LogP contribution in [0.1, 0.15) is 11.1 Å². The van der Waals surface area contributed by atoms with Crippen molar-refractivity contribution in [2.75, 3.05) is 31.5 Å². The van der Waals surface area contributed by atoms with Crippen LogP contribution in [0.25, 0.3) is 0 Å². The first-order valence-electron chi connectivity index (χ1n) is 9.86. The molecule has 1 saturated heterocycles. The second kappa shape index (κ2) is 9.32. The fourth-order valence-corrected chi connectivity index (χ4v) is 3.80. The molecule has 2 aromatic carbocycles. The van der Waals surface area contributed by atoms with E-state index < -0.39 is 0 Å². The number of piperazine rings is 1. The van der Waals surface area contributed by atoms with Crippen molar-refractivity contribution in [1.29, 1.82) is 0 Å². The Morgan fingerprint density at radius 1 is 0.967 bits per heavy atom. The fraction of sp³-hybridized carbons (Fsp3) is 0.273. The predicted octanol–water partition coefficient (Wildman–Crippen LogP) is 3.72. The van der Waals surface area contributed by atoms with E-state index in [9.17, 15) is 8.78 Å². The smallest absolute Gasteiger partial charge is 0.174 e. The highest BCUT2D eigenvalue weighted by Gasteiger charge is 2.19. The molecule has 1 aromatic heterocycles. The van der Waals surface area contributed by atoms with Crippen LogP contribution in [0, 0.1) is 11.6 Å². The number of hydrogen-bond acceptors (Lipinski definition) is 3. The molecular formula is C22H23F2N5S. The maximum absolute atomic E-state index is 13.8. The van der Waals surface area contributed by atoms with Crippen LogP contribution in [-0.4, -0.2) is 50.9 Å². The highest BCUT2D eigenvalue weighted by atomic mass is 32.1. The van der Waals surface area contributed by atoms with E-state index in [0.29, 0.717) is 23.0 Å². The Morgan fingerprint density at radius 2 is 1.77 bits per heavy atom. The zero-order chi connectivity index (χ0) is 20.9. The van der Waals surface area contributed by atoms with E-state index in [0.717, 1.165) is 38.3 Å². The summed E-state index contributed by atoms with van der Waals surface area (Å²) >= 11 is 5.54. The van der Waals surface area contributed by atoms with Gasteiger partial charge in [0.2, 0.25) is 0 Å². The van der Waals surface area contributed by atoms with Crippen LogP contribution in [0.5, 0.6) is 0 Å². The summed E-state index contributed by atoms with van der Waals surface area (Å²) in [5, 5.41) is 8.23. The van der Waals surface area contributed by atoms with E-state index in [4.69, 9.17) is 12.2 Å². The summed E-state index contributed by atoms with van der Waals surface area (Å²) in [4.78, 5) is 4.39. The van der Waals surface area contributed by atoms with Gasteiger partial charge in [-0.2, -0.15) is 5.10 Å². The number of rotatable bonds is 5. The first kappa shape index (κ1) is 20.4. The Kier molecular flexibility index (Phi) is 6.35. The second-order valence-electron chi connectivity index (χ2n) is 7.31. The molecule has 3 aromatic rings. The Labute approximate surface area is 179 Å². The topological polar surface area (TPSA) is 36.3 Å². The predicted molar refractivity (Wildman–Crippen MR) is 117 cm³/mol. The molecule has 8 heteroatoms. The quantitative estimate of drug-likeness (QED) is 0.628. The summed E-state index contributed by atoms with van der Waals surface area (Å²) in [6, 6.07) is 15.2. The van der Waals surface area contributed by atoms with Gasteiger partial charge in [-0.3, -0.25) is 9.58 Å². The van der Waals surface area contributed by atoms with Gasteiger partial charge in [0.25, 0.3) is 0 Å². The van der Waals surface area contributed by atoms with E-state index in [1.54, 1.807) is 35.1 Å². The summed E-state index contributed by atoms with van der Waals surface area (Å²) in [6.07, 6.45) is 1.80. The molecule has 1 aliphatic rings. The van der Waals surface area contributed by atoms with Gasteiger partial charge < -0.3 is 10.2 Å². The van der Waals surface area contributed by atoms with Gasteiger partial charge in [-0.1, -0.05) is 30.3 Å². The number of hydrogen-bond donors (Lipinski definition) is 1. The molecule has 0 unspecified atom stereocenters. The van der Waals surface area contributed by atoms with Gasteiger partial charge in [0.15, 0.2) is 10.9 Å². The molecule has 0 spiro atoms. The van der Waals surface area contributed by atoms with Crippen LogP contribution in [0.15, 0.2) is 60.8 Å². The molecule has 0 amide bonds. The lowest BCUT2D eigenvalue weighted by Gasteiger charge is -2.36. The molecule has 5 nitrogen and oxygen atoms in total.